The van der Waals surface area contributed by atoms with Crippen LogP contribution in [0, 0.1) is 6.92 Å². The van der Waals surface area contributed by atoms with E-state index in [1.54, 1.807) is 0 Å². The van der Waals surface area contributed by atoms with Crippen LogP contribution in [0.2, 0.25) is 0 Å². The molecule has 0 spiro atoms. The summed E-state index contributed by atoms with van der Waals surface area (Å²) in [7, 11) is 0. The van der Waals surface area contributed by atoms with E-state index in [-0.39, 0.29) is 0 Å². The Morgan fingerprint density at radius 3 is 1.94 bits per heavy atom. The summed E-state index contributed by atoms with van der Waals surface area (Å²) in [6.07, 6.45) is 0. The van der Waals surface area contributed by atoms with Crippen molar-refractivity contribution in [2.75, 3.05) is 10.2 Å². The van der Waals surface area contributed by atoms with E-state index in [2.05, 4.69) is 188 Å². The van der Waals surface area contributed by atoms with Gasteiger partial charge in [-0.1, -0.05) is 146 Å². The van der Waals surface area contributed by atoms with Crippen molar-refractivity contribution in [3.63, 3.8) is 0 Å². The molecule has 0 unspecified atom stereocenters. The van der Waals surface area contributed by atoms with Gasteiger partial charge >= 0.3 is 0 Å². The van der Waals surface area contributed by atoms with Gasteiger partial charge in [-0.05, 0) is 88.3 Å². The van der Waals surface area contributed by atoms with Gasteiger partial charge in [-0.3, -0.25) is 0 Å². The van der Waals surface area contributed by atoms with Crippen LogP contribution in [-0.2, 0) is 0 Å². The number of furan rings is 1. The van der Waals surface area contributed by atoms with E-state index in [1.165, 1.54) is 27.8 Å². The quantitative estimate of drug-likeness (QED) is 0.188. The molecule has 0 atom stereocenters. The van der Waals surface area contributed by atoms with Crippen molar-refractivity contribution in [1.29, 1.82) is 0 Å². The monoisotopic (exact) mass is 692 g/mol. The van der Waals surface area contributed by atoms with Crippen molar-refractivity contribution in [2.24, 2.45) is 0 Å². The molecule has 0 aliphatic carbocycles. The van der Waals surface area contributed by atoms with Gasteiger partial charge in [-0.15, -0.1) is 0 Å². The lowest BCUT2D eigenvalue weighted by Gasteiger charge is -2.29. The van der Waals surface area contributed by atoms with Crippen LogP contribution in [-0.4, -0.2) is 0 Å². The van der Waals surface area contributed by atoms with Crippen molar-refractivity contribution in [2.45, 2.75) is 6.92 Å². The van der Waals surface area contributed by atoms with E-state index in [0.717, 1.165) is 78.2 Å². The topological polar surface area (TPSA) is 28.4 Å². The molecule has 1 N–H and O–H groups in total. The van der Waals surface area contributed by atoms with Crippen LogP contribution in [0.15, 0.2) is 193 Å². The lowest BCUT2D eigenvalue weighted by molar-refractivity contribution is 0.669. The number of hydrogen-bond acceptors (Lipinski definition) is 3. The minimum absolute atomic E-state index is 0.892. The minimum Gasteiger partial charge on any atom is -0.456 e. The van der Waals surface area contributed by atoms with Crippen molar-refractivity contribution >= 4 is 50.4 Å². The third-order valence-electron chi connectivity index (χ3n) is 10.7. The second kappa shape index (κ2) is 12.8. The maximum Gasteiger partial charge on any atom is 0.136 e. The molecule has 0 bridgehead atoms. The fraction of sp³-hybridized carbons (Fsp3) is 0.0196. The van der Waals surface area contributed by atoms with Crippen LogP contribution in [0.4, 0.5) is 22.7 Å². The first kappa shape index (κ1) is 31.6. The van der Waals surface area contributed by atoms with E-state index in [4.69, 9.17) is 4.42 Å². The summed E-state index contributed by atoms with van der Waals surface area (Å²) in [6.45, 7) is 6.75. The van der Waals surface area contributed by atoms with Crippen LogP contribution in [0.5, 0.6) is 0 Å². The Labute approximate surface area is 315 Å². The summed E-state index contributed by atoms with van der Waals surface area (Å²) in [4.78, 5) is 2.25. The Hall–Kier alpha value is -7.10. The van der Waals surface area contributed by atoms with Gasteiger partial charge in [0, 0.05) is 50.2 Å². The number of hydrogen-bond donors (Lipinski definition) is 1. The predicted molar refractivity (Wildman–Crippen MR) is 228 cm³/mol. The lowest BCUT2D eigenvalue weighted by Crippen LogP contribution is -2.15. The van der Waals surface area contributed by atoms with Gasteiger partial charge in [0.25, 0.3) is 0 Å². The van der Waals surface area contributed by atoms with E-state index in [0.29, 0.717) is 0 Å². The Morgan fingerprint density at radius 1 is 0.519 bits per heavy atom. The number of rotatable bonds is 6. The van der Waals surface area contributed by atoms with Crippen LogP contribution in [0.1, 0.15) is 11.1 Å². The van der Waals surface area contributed by atoms with Crippen molar-refractivity contribution in [3.8, 4) is 44.5 Å². The van der Waals surface area contributed by atoms with Gasteiger partial charge in [-0.25, -0.2) is 0 Å². The molecule has 1 aromatic heterocycles. The summed E-state index contributed by atoms with van der Waals surface area (Å²) in [6, 6.07) is 64.5. The van der Waals surface area contributed by atoms with Gasteiger partial charge in [0.2, 0.25) is 0 Å². The zero-order valence-electron chi connectivity index (χ0n) is 29.9. The average molecular weight is 693 g/mol. The van der Waals surface area contributed by atoms with Crippen LogP contribution < -0.4 is 10.2 Å². The van der Waals surface area contributed by atoms with Gasteiger partial charge in [-0.2, -0.15) is 0 Å². The normalized spacial score (nSPS) is 11.6. The zero-order chi connectivity index (χ0) is 36.2. The van der Waals surface area contributed by atoms with Gasteiger partial charge in [0.05, 0.1) is 5.69 Å². The smallest absolute Gasteiger partial charge is 0.136 e. The van der Waals surface area contributed by atoms with Gasteiger partial charge < -0.3 is 14.6 Å². The van der Waals surface area contributed by atoms with Gasteiger partial charge in [0.1, 0.15) is 11.2 Å². The SMILES string of the molecule is C=C(c1ccc(-c2ccc3c(c2)-c2ccccc2-c2cccc(-c4cccc5oc6ccccc6c45)c2N3)cc1)N(c1ccccc1)c1ccccc1C. The molecule has 8 aromatic carbocycles. The Morgan fingerprint density at radius 2 is 1.13 bits per heavy atom. The second-order valence-corrected chi connectivity index (χ2v) is 13.9. The highest BCUT2D eigenvalue weighted by Crippen LogP contribution is 2.50. The summed E-state index contributed by atoms with van der Waals surface area (Å²) >= 11 is 0. The molecule has 0 saturated carbocycles. The number of nitrogens with zero attached hydrogens (tertiary/aromatic N) is 1. The van der Waals surface area contributed by atoms with Crippen LogP contribution >= 0.6 is 0 Å². The maximum absolute atomic E-state index is 6.30. The van der Waals surface area contributed by atoms with Crippen LogP contribution in [0.25, 0.3) is 72.1 Å². The highest BCUT2D eigenvalue weighted by atomic mass is 16.3. The molecule has 0 radical (unpaired) electrons. The second-order valence-electron chi connectivity index (χ2n) is 13.9. The number of nitrogens with one attached hydrogen (secondary N) is 1. The molecular weight excluding hydrogens is 657 g/mol. The van der Waals surface area contributed by atoms with E-state index < -0.39 is 0 Å². The summed E-state index contributed by atoms with van der Waals surface area (Å²) in [5.41, 5.74) is 18.7. The maximum atomic E-state index is 6.30. The van der Waals surface area contributed by atoms with E-state index >= 15 is 0 Å². The number of aryl methyl sites for hydroxylation is 1. The highest BCUT2D eigenvalue weighted by Gasteiger charge is 2.24. The molecule has 9 aromatic rings. The number of anilines is 4. The third kappa shape index (κ3) is 5.21. The minimum atomic E-state index is 0.892. The Kier molecular flexibility index (Phi) is 7.52. The summed E-state index contributed by atoms with van der Waals surface area (Å²) < 4.78 is 6.30. The molecule has 0 amide bonds. The molecule has 3 nitrogen and oxygen atoms in total. The molecule has 1 aliphatic heterocycles. The molecule has 0 saturated heterocycles. The first-order chi connectivity index (χ1) is 26.6. The summed E-state index contributed by atoms with van der Waals surface area (Å²) in [5.74, 6) is 0. The molecule has 1 aliphatic rings. The van der Waals surface area contributed by atoms with Crippen molar-refractivity contribution < 1.29 is 4.42 Å². The lowest BCUT2D eigenvalue weighted by atomic mass is 9.90. The first-order valence-electron chi connectivity index (χ1n) is 18.4. The Balaban J connectivity index is 1.05. The van der Waals surface area contributed by atoms with E-state index in [1.807, 2.05) is 18.2 Å². The molecule has 0 fully saturated rings. The standard InChI is InChI=1S/C51H36N2O/c1-33-14-6-10-23-47(33)53(38-15-4-3-5-16-38)34(2)35-26-28-36(29-27-35)37-30-31-46-45(32-37)40-18-8-7-17-39(40)42-21-12-22-43(51(42)52-46)41-20-13-25-49-50(41)44-19-9-11-24-48(44)54-49/h3-32,52H,2H2,1H3. The number of para-hydroxylation sites is 4. The fourth-order valence-electron chi connectivity index (χ4n) is 8.09. The predicted octanol–water partition coefficient (Wildman–Crippen LogP) is 14.4. The average Bonchev–Trinajstić information content (AvgIpc) is 3.55. The third-order valence-corrected chi connectivity index (χ3v) is 10.7. The van der Waals surface area contributed by atoms with Crippen LogP contribution in [0.3, 0.4) is 0 Å². The number of fused-ring (bicyclic) bond motifs is 8. The molecule has 54 heavy (non-hydrogen) atoms. The van der Waals surface area contributed by atoms with Gasteiger partial charge in [0.15, 0.2) is 0 Å². The Bertz CT molecular complexity index is 2880. The largest absolute Gasteiger partial charge is 0.456 e. The molecule has 10 rings (SSSR count). The number of benzene rings is 8. The molecular formula is C51H36N2O. The van der Waals surface area contributed by atoms with Crippen molar-refractivity contribution in [3.05, 3.63) is 200 Å². The van der Waals surface area contributed by atoms with Crippen molar-refractivity contribution in [1.82, 2.24) is 0 Å². The first-order valence-corrected chi connectivity index (χ1v) is 18.4. The fourth-order valence-corrected chi connectivity index (χ4v) is 8.09. The molecule has 256 valence electrons. The van der Waals surface area contributed by atoms with E-state index in [9.17, 15) is 0 Å². The highest BCUT2D eigenvalue weighted by molar-refractivity contribution is 6.15. The zero-order valence-corrected chi connectivity index (χ0v) is 29.9. The molecule has 3 heteroatoms. The molecule has 2 heterocycles. The summed E-state index contributed by atoms with van der Waals surface area (Å²) in [5, 5.41) is 6.18.